The van der Waals surface area contributed by atoms with Crippen LogP contribution in [0.5, 0.6) is 0 Å². The molecule has 9 aliphatic carbocycles. The average Bonchev–Trinajstić information content (AvgIpc) is 1.56. The summed E-state index contributed by atoms with van der Waals surface area (Å²) in [5, 5.41) is 1.67. The van der Waals surface area contributed by atoms with E-state index < -0.39 is 22.2 Å². The van der Waals surface area contributed by atoms with Gasteiger partial charge in [-0.2, -0.15) is 11.1 Å². The number of hydrogen-bond donors (Lipinski definition) is 0. The van der Waals surface area contributed by atoms with Gasteiger partial charge in [-0.15, -0.1) is 22.2 Å². The maximum absolute atomic E-state index is 7.33. The summed E-state index contributed by atoms with van der Waals surface area (Å²) in [7, 11) is -3.93. The molecule has 115 heavy (non-hydrogen) atoms. The number of hydrogen-bond acceptors (Lipinski definition) is 0. The molecule has 9 aliphatic rings. The van der Waals surface area contributed by atoms with Crippen molar-refractivity contribution < 1.29 is 40.6 Å². The van der Waals surface area contributed by atoms with Crippen molar-refractivity contribution >= 4 is 66.5 Å². The van der Waals surface area contributed by atoms with Crippen LogP contribution in [0.4, 0.5) is 0 Å². The first kappa shape index (κ1) is 96.7. The van der Waals surface area contributed by atoms with Gasteiger partial charge in [0.15, 0.2) is 7.38 Å². The molecular formula is C107H151Cl3Li2Si3. The average molecular weight is 1640 g/mol. The van der Waals surface area contributed by atoms with Crippen LogP contribution in [-0.4, -0.2) is 22.2 Å². The van der Waals surface area contributed by atoms with Gasteiger partial charge >= 0.3 is 37.7 Å². The molecule has 0 N–H and O–H groups in total. The van der Waals surface area contributed by atoms with Gasteiger partial charge in [-0.25, -0.2) is 0 Å². The van der Waals surface area contributed by atoms with Crippen LogP contribution in [0, 0.1) is 91.7 Å². The van der Waals surface area contributed by atoms with Gasteiger partial charge in [0.25, 0.3) is 0 Å². The van der Waals surface area contributed by atoms with E-state index >= 15 is 0 Å². The number of halogens is 3. The Hall–Kier alpha value is -3.78. The van der Waals surface area contributed by atoms with Crippen LogP contribution in [0.25, 0.3) is 33.4 Å². The molecule has 12 atom stereocenters. The van der Waals surface area contributed by atoms with Crippen molar-refractivity contribution in [2.24, 2.45) is 91.7 Å². The van der Waals surface area contributed by atoms with Crippen molar-refractivity contribution in [3.05, 3.63) is 260 Å². The van der Waals surface area contributed by atoms with E-state index in [0.29, 0.717) is 63.8 Å². The summed E-state index contributed by atoms with van der Waals surface area (Å²) >= 11 is 18.2. The molecule has 12 unspecified atom stereocenters. The zero-order chi connectivity index (χ0) is 83.9. The van der Waals surface area contributed by atoms with E-state index in [2.05, 4.69) is 394 Å². The van der Waals surface area contributed by atoms with Crippen LogP contribution < -0.4 is 37.7 Å². The Morgan fingerprint density at radius 3 is 1.29 bits per heavy atom. The summed E-state index contributed by atoms with van der Waals surface area (Å²) in [6.45, 7) is 73.3. The van der Waals surface area contributed by atoms with Crippen molar-refractivity contribution in [1.29, 1.82) is 0 Å². The molecule has 14 rings (SSSR count). The number of allylic oxidation sites excluding steroid dienone is 20. The van der Waals surface area contributed by atoms with Gasteiger partial charge in [-0.3, -0.25) is 0 Å². The second-order valence-electron chi connectivity index (χ2n) is 45.6. The van der Waals surface area contributed by atoms with Gasteiger partial charge in [-0.05, 0) is 249 Å². The molecule has 0 bridgehead atoms. The molecule has 0 amide bonds. The van der Waals surface area contributed by atoms with Gasteiger partial charge in [0.2, 0.25) is 6.69 Å². The van der Waals surface area contributed by atoms with Crippen LogP contribution in [0.1, 0.15) is 254 Å². The molecule has 8 heteroatoms. The third kappa shape index (κ3) is 22.7. The Labute approximate surface area is 748 Å². The fraction of sp³-hybridized carbons (Fsp3) is 0.533. The summed E-state index contributed by atoms with van der Waals surface area (Å²) in [5.41, 5.74) is 29.2. The first-order valence-corrected chi connectivity index (χ1v) is 55.7. The Balaban J connectivity index is 0.000000249. The molecule has 0 aromatic heterocycles. The second-order valence-corrected chi connectivity index (χ2v) is 65.7. The van der Waals surface area contributed by atoms with Gasteiger partial charge in [0.1, 0.15) is 0 Å². The van der Waals surface area contributed by atoms with Crippen molar-refractivity contribution in [3.8, 4) is 22.3 Å². The van der Waals surface area contributed by atoms with Gasteiger partial charge in [0.05, 0.1) is 8.07 Å². The third-order valence-corrected chi connectivity index (χ3v) is 34.0. The Morgan fingerprint density at radius 1 is 0.409 bits per heavy atom. The quantitative estimate of drug-likeness (QED) is 0.117. The molecule has 5 aromatic rings. The Bertz CT molecular complexity index is 4580. The fourth-order valence-electron chi connectivity index (χ4n) is 20.2. The van der Waals surface area contributed by atoms with Crippen molar-refractivity contribution in [2.45, 2.75) is 273 Å². The first-order valence-electron chi connectivity index (χ1n) is 43.5. The monoisotopic (exact) mass is 1640 g/mol. The largest absolute Gasteiger partial charge is 1.00 e. The fourth-order valence-corrected chi connectivity index (χ4v) is 27.6. The summed E-state index contributed by atoms with van der Waals surface area (Å²) in [5.74, 6) is 6.59. The van der Waals surface area contributed by atoms with E-state index in [1.54, 1.807) is 33.0 Å². The summed E-state index contributed by atoms with van der Waals surface area (Å²) < 4.78 is 0. The first-order chi connectivity index (χ1) is 51.8. The van der Waals surface area contributed by atoms with Crippen molar-refractivity contribution in [1.82, 2.24) is 0 Å². The molecule has 0 radical (unpaired) electrons. The second kappa shape index (κ2) is 36.0. The zero-order valence-corrected chi connectivity index (χ0v) is 83.8. The topological polar surface area (TPSA) is 0 Å². The van der Waals surface area contributed by atoms with Crippen molar-refractivity contribution in [2.75, 3.05) is 0 Å². The van der Waals surface area contributed by atoms with Crippen LogP contribution in [-0.2, 0) is 10.8 Å². The van der Waals surface area contributed by atoms with E-state index in [1.165, 1.54) is 98.1 Å². The van der Waals surface area contributed by atoms with Crippen LogP contribution in [0.15, 0.2) is 227 Å². The molecule has 0 heterocycles. The summed E-state index contributed by atoms with van der Waals surface area (Å²) in [4.78, 5) is 0. The van der Waals surface area contributed by atoms with Gasteiger partial charge < -0.3 is 2.85 Å². The summed E-state index contributed by atoms with van der Waals surface area (Å²) in [6.07, 6.45) is 34.8. The summed E-state index contributed by atoms with van der Waals surface area (Å²) in [6, 6.07) is 45.8. The number of benzene rings is 5. The Morgan fingerprint density at radius 2 is 0.852 bits per heavy atom. The van der Waals surface area contributed by atoms with Gasteiger partial charge in [-0.1, -0.05) is 404 Å². The predicted molar refractivity (Wildman–Crippen MR) is 513 cm³/mol. The molecule has 5 aromatic carbocycles. The third-order valence-electron chi connectivity index (χ3n) is 26.8. The van der Waals surface area contributed by atoms with E-state index in [9.17, 15) is 0 Å². The molecule has 0 spiro atoms. The number of rotatable bonds is 6. The molecule has 0 saturated heterocycles. The standard InChI is InChI=1S/C39H50Si.C29H39ClSi.C27H34.C10H20.C2H6Cl2Si.2Li.2H/c1-25-20-28(38(5,6)7)24-34(25)40(11,12)36-32-21-27(37(2,3)4)18-19-30(32)35-31(26-16-14-13-15-17-26)22-29(23-33(35)36)39(8,9)10;1-28(2,3)20-14-15-22-24(16-20)27(31(7,8)30)25-18-21(29(4,5)6)17-23(26(22)25)19-12-10-9-11-13-19;1-26(2,3)21-12-13-23-19(15-21)14-20-16-22(27(4,5)6)17-24(25(20)23)18-10-8-7-9-11-18;1-8-5-6-9(7-8)10(2,3)4;1-5(2,3)4;;;;/h13-19,21-24,36H,20H2,1-12H3;9-18,22,24-27H,1-8H3;7-13,15-17,19-20,23,25H,14H2,1-6H3;8-9H,5-7H2,1-4H3;1-2H3;;;;/q;;;;;2*+1;2*-1. The van der Waals surface area contributed by atoms with E-state index in [4.69, 9.17) is 33.2 Å². The maximum atomic E-state index is 7.33. The smallest absolute Gasteiger partial charge is 1.00 e. The predicted octanol–water partition coefficient (Wildman–Crippen LogP) is 27.8. The minimum atomic E-state index is -2.01. The number of fused-ring (bicyclic) bond motifs is 9. The maximum Gasteiger partial charge on any atom is 1.00 e. The zero-order valence-electron chi connectivity index (χ0n) is 80.5. The van der Waals surface area contributed by atoms with E-state index in [-0.39, 0.29) is 78.5 Å². The van der Waals surface area contributed by atoms with Crippen LogP contribution in [0.2, 0.25) is 44.8 Å². The van der Waals surface area contributed by atoms with Crippen LogP contribution in [0.3, 0.4) is 0 Å². The Kier molecular flexibility index (Phi) is 30.2. The SMILES string of the molecule is CC(C)(C)C1=CC2C(C=C1)C1C(c3ccccc3)=CC(C(C)(C)C)=CC1C2[Si](C)(C)Cl.CC(C)(C)C1=CC2CC3C=C(C(C)(C)C)C=C(c4ccccc4)C3C2C=C1.CC1=C([Si](C)(C)C2c3cc(C(C)(C)C)ccc3-c3c(-c4ccccc4)cc(C(C)(C)C)cc32)C=C(C(C)(C)C)C1.CC1CCC(C(C)(C)C)C1.C[Si](C)(Cl)Cl.[H-].[H-].[Li+].[Li+]. The minimum absolute atomic E-state index is 0. The molecule has 0 nitrogen and oxygen atoms in total. The molecule has 3 fully saturated rings. The van der Waals surface area contributed by atoms with Gasteiger partial charge in [0, 0.05) is 5.54 Å². The van der Waals surface area contributed by atoms with Crippen LogP contribution >= 0.6 is 33.2 Å². The van der Waals surface area contributed by atoms with Crippen molar-refractivity contribution in [3.63, 3.8) is 0 Å². The van der Waals surface area contributed by atoms with E-state index in [1.807, 2.05) is 13.1 Å². The van der Waals surface area contributed by atoms with E-state index in [0.717, 1.165) is 18.3 Å². The molecule has 0 aliphatic heterocycles. The normalized spacial score (nSPS) is 25.1. The molecule has 3 saturated carbocycles. The molecule has 614 valence electrons. The molecular weight excluding hydrogens is 1490 g/mol. The minimum Gasteiger partial charge on any atom is -1.00 e.